The Morgan fingerprint density at radius 2 is 1.97 bits per heavy atom. The Bertz CT molecular complexity index is 1130. The molecule has 5 nitrogen and oxygen atoms in total. The molecule has 0 saturated carbocycles. The van der Waals surface area contributed by atoms with Crippen molar-refractivity contribution in [2.24, 2.45) is 5.92 Å². The van der Waals surface area contributed by atoms with E-state index in [9.17, 15) is 9.59 Å². The Hall–Kier alpha value is -2.83. The van der Waals surface area contributed by atoms with Crippen LogP contribution >= 0.6 is 22.9 Å². The second kappa shape index (κ2) is 9.35. The second-order valence-corrected chi connectivity index (χ2v) is 9.60. The Balaban J connectivity index is 1.79. The average molecular weight is 469 g/mol. The zero-order chi connectivity index (χ0) is 22.8. The van der Waals surface area contributed by atoms with E-state index < -0.39 is 5.92 Å². The van der Waals surface area contributed by atoms with Crippen molar-refractivity contribution in [2.75, 3.05) is 19.0 Å². The molecule has 0 fully saturated rings. The summed E-state index contributed by atoms with van der Waals surface area (Å²) in [4.78, 5) is 30.0. The molecule has 0 spiro atoms. The fourth-order valence-electron chi connectivity index (χ4n) is 4.21. The summed E-state index contributed by atoms with van der Waals surface area (Å²) in [5, 5.41) is 5.41. The van der Waals surface area contributed by atoms with E-state index in [0.29, 0.717) is 28.6 Å². The first kappa shape index (κ1) is 22.4. The van der Waals surface area contributed by atoms with E-state index in [-0.39, 0.29) is 23.8 Å². The summed E-state index contributed by atoms with van der Waals surface area (Å²) in [6.07, 6.45) is 0. The number of rotatable bonds is 6. The van der Waals surface area contributed by atoms with Gasteiger partial charge in [0.2, 0.25) is 5.91 Å². The zero-order valence-electron chi connectivity index (χ0n) is 18.2. The number of halogens is 1. The third-order valence-electron chi connectivity index (χ3n) is 5.54. The van der Waals surface area contributed by atoms with Gasteiger partial charge in [-0.15, -0.1) is 11.3 Å². The molecule has 32 heavy (non-hydrogen) atoms. The number of carbonyl (C=O) groups is 2. The van der Waals surface area contributed by atoms with Crippen molar-refractivity contribution >= 4 is 40.4 Å². The highest BCUT2D eigenvalue weighted by Crippen LogP contribution is 2.45. The number of amides is 2. The van der Waals surface area contributed by atoms with Crippen LogP contribution in [0.5, 0.6) is 5.75 Å². The van der Waals surface area contributed by atoms with E-state index in [4.69, 9.17) is 16.3 Å². The first-order chi connectivity index (χ1) is 15.4. The Morgan fingerprint density at radius 3 is 2.62 bits per heavy atom. The highest BCUT2D eigenvalue weighted by molar-refractivity contribution is 7.10. The number of thiophene rings is 1. The van der Waals surface area contributed by atoms with Crippen LogP contribution in [0, 0.1) is 5.92 Å². The van der Waals surface area contributed by atoms with E-state index in [2.05, 4.69) is 19.2 Å². The summed E-state index contributed by atoms with van der Waals surface area (Å²) >= 11 is 7.82. The molecule has 1 aromatic heterocycles. The van der Waals surface area contributed by atoms with Crippen LogP contribution in [0.2, 0.25) is 5.02 Å². The normalized spacial score (nSPS) is 17.9. The van der Waals surface area contributed by atoms with Crippen LogP contribution in [0.3, 0.4) is 0 Å². The lowest BCUT2D eigenvalue weighted by atomic mass is 9.81. The van der Waals surface area contributed by atoms with Crippen LogP contribution in [-0.2, 0) is 4.79 Å². The summed E-state index contributed by atoms with van der Waals surface area (Å²) in [7, 11) is 1.55. The molecular weight excluding hydrogens is 444 g/mol. The van der Waals surface area contributed by atoms with Gasteiger partial charge in [-0.1, -0.05) is 49.7 Å². The van der Waals surface area contributed by atoms with E-state index in [0.717, 1.165) is 10.4 Å². The highest BCUT2D eigenvalue weighted by Gasteiger charge is 2.44. The molecule has 1 aliphatic heterocycles. The van der Waals surface area contributed by atoms with E-state index in [1.807, 2.05) is 40.6 Å². The molecule has 1 aliphatic rings. The van der Waals surface area contributed by atoms with Gasteiger partial charge >= 0.3 is 0 Å². The number of nitrogens with one attached hydrogen (secondary N) is 1. The van der Waals surface area contributed by atoms with Gasteiger partial charge in [0.15, 0.2) is 0 Å². The summed E-state index contributed by atoms with van der Waals surface area (Å²) in [6, 6.07) is 16.1. The summed E-state index contributed by atoms with van der Waals surface area (Å²) in [5.41, 5.74) is 1.90. The first-order valence-corrected chi connectivity index (χ1v) is 11.7. The van der Waals surface area contributed by atoms with Gasteiger partial charge in [-0.25, -0.2) is 0 Å². The summed E-state index contributed by atoms with van der Waals surface area (Å²) in [5.74, 6) is 0.0263. The molecule has 0 aliphatic carbocycles. The van der Waals surface area contributed by atoms with Crippen molar-refractivity contribution in [2.45, 2.75) is 25.8 Å². The largest absolute Gasteiger partial charge is 0.495 e. The standard InChI is InChI=1S/C25H25ClN2O3S/c1-15(2)14-28-23(21-9-6-12-32-21)22(17-7-4-5-8-18(17)25(28)30)24(29)27-16-10-11-20(31-3)19(26)13-16/h4-13,15,22-23H,14H2,1-3H3,(H,27,29)/t22-,23+/m0/s1. The second-order valence-electron chi connectivity index (χ2n) is 8.22. The van der Waals surface area contributed by atoms with Gasteiger partial charge < -0.3 is 15.0 Å². The quantitative estimate of drug-likeness (QED) is 0.483. The summed E-state index contributed by atoms with van der Waals surface area (Å²) < 4.78 is 5.21. The molecule has 166 valence electrons. The number of benzene rings is 2. The molecule has 2 atom stereocenters. The van der Waals surface area contributed by atoms with Gasteiger partial charge in [0.25, 0.3) is 5.91 Å². The van der Waals surface area contributed by atoms with Gasteiger partial charge in [-0.05, 0) is 47.2 Å². The van der Waals surface area contributed by atoms with Gasteiger partial charge in [0.1, 0.15) is 5.75 Å². The maximum absolute atomic E-state index is 13.7. The molecule has 2 heterocycles. The van der Waals surface area contributed by atoms with Gasteiger partial charge in [0, 0.05) is 22.7 Å². The molecular formula is C25H25ClN2O3S. The molecule has 7 heteroatoms. The van der Waals surface area contributed by atoms with Crippen molar-refractivity contribution in [3.05, 3.63) is 81.0 Å². The number of hydrogen-bond donors (Lipinski definition) is 1. The summed E-state index contributed by atoms with van der Waals surface area (Å²) in [6.45, 7) is 4.72. The van der Waals surface area contributed by atoms with Gasteiger partial charge in [-0.3, -0.25) is 9.59 Å². The Labute approximate surface area is 197 Å². The van der Waals surface area contributed by atoms with E-state index >= 15 is 0 Å². The third-order valence-corrected chi connectivity index (χ3v) is 6.78. The fourth-order valence-corrected chi connectivity index (χ4v) is 5.34. The fraction of sp³-hybridized carbons (Fsp3) is 0.280. The minimum atomic E-state index is -0.554. The average Bonchev–Trinajstić information content (AvgIpc) is 3.30. The monoisotopic (exact) mass is 468 g/mol. The van der Waals surface area contributed by atoms with Crippen molar-refractivity contribution in [1.82, 2.24) is 4.90 Å². The number of carbonyl (C=O) groups excluding carboxylic acids is 2. The zero-order valence-corrected chi connectivity index (χ0v) is 19.7. The molecule has 3 aromatic rings. The molecule has 1 N–H and O–H groups in total. The van der Waals surface area contributed by atoms with E-state index in [1.54, 1.807) is 42.7 Å². The first-order valence-electron chi connectivity index (χ1n) is 10.5. The molecule has 0 saturated heterocycles. The molecule has 0 unspecified atom stereocenters. The van der Waals surface area contributed by atoms with Crippen LogP contribution in [-0.4, -0.2) is 30.4 Å². The number of anilines is 1. The van der Waals surface area contributed by atoms with Crippen LogP contribution in [0.25, 0.3) is 0 Å². The van der Waals surface area contributed by atoms with Crippen LogP contribution < -0.4 is 10.1 Å². The van der Waals surface area contributed by atoms with Crippen LogP contribution in [0.15, 0.2) is 60.0 Å². The van der Waals surface area contributed by atoms with Crippen molar-refractivity contribution in [3.8, 4) is 5.75 Å². The topological polar surface area (TPSA) is 58.6 Å². The van der Waals surface area contributed by atoms with Crippen LogP contribution in [0.1, 0.15) is 46.6 Å². The lowest BCUT2D eigenvalue weighted by molar-refractivity contribution is -0.119. The number of methoxy groups -OCH3 is 1. The van der Waals surface area contributed by atoms with Crippen LogP contribution in [0.4, 0.5) is 5.69 Å². The molecule has 0 radical (unpaired) electrons. The maximum atomic E-state index is 13.7. The highest BCUT2D eigenvalue weighted by atomic mass is 35.5. The maximum Gasteiger partial charge on any atom is 0.254 e. The molecule has 2 amide bonds. The lowest BCUT2D eigenvalue weighted by Crippen LogP contribution is -2.47. The molecule has 4 rings (SSSR count). The molecule has 2 aromatic carbocycles. The third kappa shape index (κ3) is 4.25. The van der Waals surface area contributed by atoms with E-state index in [1.165, 1.54) is 0 Å². The SMILES string of the molecule is COc1ccc(NC(=O)[C@H]2c3ccccc3C(=O)N(CC(C)C)[C@@H]2c2cccs2)cc1Cl. The lowest BCUT2D eigenvalue weighted by Gasteiger charge is -2.42. The smallest absolute Gasteiger partial charge is 0.254 e. The number of fused-ring (bicyclic) bond motifs is 1. The number of ether oxygens (including phenoxy) is 1. The van der Waals surface area contributed by atoms with Crippen molar-refractivity contribution in [1.29, 1.82) is 0 Å². The van der Waals surface area contributed by atoms with Gasteiger partial charge in [0.05, 0.1) is 24.1 Å². The Morgan fingerprint density at radius 1 is 1.19 bits per heavy atom. The van der Waals surface area contributed by atoms with Gasteiger partial charge in [-0.2, -0.15) is 0 Å². The predicted octanol–water partition coefficient (Wildman–Crippen LogP) is 5.99. The molecule has 0 bridgehead atoms. The van der Waals surface area contributed by atoms with Crippen molar-refractivity contribution < 1.29 is 14.3 Å². The number of nitrogens with zero attached hydrogens (tertiary/aromatic N) is 1. The minimum absolute atomic E-state index is 0.0377. The predicted molar refractivity (Wildman–Crippen MR) is 129 cm³/mol. The minimum Gasteiger partial charge on any atom is -0.495 e. The number of hydrogen-bond acceptors (Lipinski definition) is 4. The Kier molecular flexibility index (Phi) is 6.53. The van der Waals surface area contributed by atoms with Crippen molar-refractivity contribution in [3.63, 3.8) is 0 Å².